The van der Waals surface area contributed by atoms with E-state index in [1.807, 2.05) is 0 Å². The molecule has 1 heterocycles. The molecule has 1 fully saturated rings. The summed E-state index contributed by atoms with van der Waals surface area (Å²) in [5, 5.41) is 0. The van der Waals surface area contributed by atoms with Crippen LogP contribution in [0.1, 0.15) is 32.1 Å². The summed E-state index contributed by atoms with van der Waals surface area (Å²) in [6.45, 7) is 0. The number of guanidine groups is 1. The van der Waals surface area contributed by atoms with Crippen LogP contribution in [0.15, 0.2) is 4.99 Å². The zero-order valence-corrected chi connectivity index (χ0v) is 11.3. The van der Waals surface area contributed by atoms with Gasteiger partial charge in [-0.1, -0.05) is 19.3 Å². The van der Waals surface area contributed by atoms with E-state index < -0.39 is 5.92 Å². The normalized spacial score (nSPS) is 26.3. The first-order valence-electron chi connectivity index (χ1n) is 6.60. The summed E-state index contributed by atoms with van der Waals surface area (Å²) < 4.78 is 0. The van der Waals surface area contributed by atoms with E-state index in [0.29, 0.717) is 5.96 Å². The lowest BCUT2D eigenvalue weighted by atomic mass is 9.78. The van der Waals surface area contributed by atoms with Crippen molar-refractivity contribution in [2.24, 2.45) is 16.8 Å². The SMILES string of the molecule is CN(C)C1=NC(=O)C(C2CCCCC2)C(=O)N1C. The van der Waals surface area contributed by atoms with E-state index in [4.69, 9.17) is 0 Å². The van der Waals surface area contributed by atoms with Crippen molar-refractivity contribution >= 4 is 17.8 Å². The van der Waals surface area contributed by atoms with E-state index in [0.717, 1.165) is 25.7 Å². The highest BCUT2D eigenvalue weighted by Crippen LogP contribution is 2.33. The molecule has 1 aliphatic heterocycles. The summed E-state index contributed by atoms with van der Waals surface area (Å²) >= 11 is 0. The topological polar surface area (TPSA) is 53.0 Å². The van der Waals surface area contributed by atoms with Gasteiger partial charge in [0.25, 0.3) is 5.91 Å². The fourth-order valence-electron chi connectivity index (χ4n) is 2.93. The van der Waals surface area contributed by atoms with Crippen LogP contribution in [0.3, 0.4) is 0 Å². The van der Waals surface area contributed by atoms with Crippen molar-refractivity contribution in [3.63, 3.8) is 0 Å². The van der Waals surface area contributed by atoms with Crippen molar-refractivity contribution in [3.05, 3.63) is 0 Å². The molecule has 2 aliphatic rings. The van der Waals surface area contributed by atoms with Gasteiger partial charge in [0, 0.05) is 21.1 Å². The average Bonchev–Trinajstić information content (AvgIpc) is 2.35. The molecule has 0 radical (unpaired) electrons. The van der Waals surface area contributed by atoms with Gasteiger partial charge < -0.3 is 4.90 Å². The third-order valence-corrected chi connectivity index (χ3v) is 3.89. The molecular weight excluding hydrogens is 230 g/mol. The van der Waals surface area contributed by atoms with Gasteiger partial charge >= 0.3 is 0 Å². The maximum Gasteiger partial charge on any atom is 0.261 e. The van der Waals surface area contributed by atoms with Crippen LogP contribution in [0.5, 0.6) is 0 Å². The number of hydrogen-bond donors (Lipinski definition) is 0. The Bertz CT molecular complexity index is 384. The highest BCUT2D eigenvalue weighted by molar-refractivity contribution is 6.15. The van der Waals surface area contributed by atoms with Crippen LogP contribution in [-0.2, 0) is 9.59 Å². The van der Waals surface area contributed by atoms with Crippen LogP contribution in [-0.4, -0.2) is 48.7 Å². The van der Waals surface area contributed by atoms with E-state index in [1.54, 1.807) is 26.0 Å². The Morgan fingerprint density at radius 1 is 1.17 bits per heavy atom. The molecule has 1 atom stereocenters. The second kappa shape index (κ2) is 5.08. The number of carbonyl (C=O) groups is 2. The zero-order valence-electron chi connectivity index (χ0n) is 11.3. The van der Waals surface area contributed by atoms with Gasteiger partial charge in [0.1, 0.15) is 5.92 Å². The highest BCUT2D eigenvalue weighted by Gasteiger charge is 2.41. The second-order valence-electron chi connectivity index (χ2n) is 5.42. The molecule has 0 spiro atoms. The lowest BCUT2D eigenvalue weighted by molar-refractivity contribution is -0.142. The quantitative estimate of drug-likeness (QED) is 0.656. The molecule has 0 aromatic carbocycles. The van der Waals surface area contributed by atoms with E-state index in [-0.39, 0.29) is 17.7 Å². The van der Waals surface area contributed by atoms with Crippen LogP contribution in [0, 0.1) is 11.8 Å². The molecule has 5 nitrogen and oxygen atoms in total. The molecule has 2 amide bonds. The van der Waals surface area contributed by atoms with Crippen LogP contribution in [0.25, 0.3) is 0 Å². The number of rotatable bonds is 1. The molecular formula is C13H21N3O2. The summed E-state index contributed by atoms with van der Waals surface area (Å²) in [5.74, 6) is -0.260. The van der Waals surface area contributed by atoms with Crippen LogP contribution in [0.4, 0.5) is 0 Å². The molecule has 1 saturated carbocycles. The van der Waals surface area contributed by atoms with Crippen molar-refractivity contribution in [2.75, 3.05) is 21.1 Å². The molecule has 0 N–H and O–H groups in total. The van der Waals surface area contributed by atoms with E-state index >= 15 is 0 Å². The fraction of sp³-hybridized carbons (Fsp3) is 0.769. The summed E-state index contributed by atoms with van der Waals surface area (Å²) in [7, 11) is 5.27. The smallest absolute Gasteiger partial charge is 0.261 e. The Kier molecular flexibility index (Phi) is 3.68. The first kappa shape index (κ1) is 13.1. The largest absolute Gasteiger partial charge is 0.348 e. The first-order chi connectivity index (χ1) is 8.52. The van der Waals surface area contributed by atoms with Gasteiger partial charge in [-0.3, -0.25) is 14.5 Å². The van der Waals surface area contributed by atoms with Gasteiger partial charge in [-0.2, -0.15) is 4.99 Å². The molecule has 0 saturated heterocycles. The van der Waals surface area contributed by atoms with Crippen molar-refractivity contribution in [1.82, 2.24) is 9.80 Å². The molecule has 0 aromatic rings. The molecule has 0 bridgehead atoms. The Hall–Kier alpha value is -1.39. The minimum atomic E-state index is -0.543. The number of carbonyl (C=O) groups excluding carboxylic acids is 2. The zero-order chi connectivity index (χ0) is 13.3. The lowest BCUT2D eigenvalue weighted by Gasteiger charge is -2.35. The predicted molar refractivity (Wildman–Crippen MR) is 69.0 cm³/mol. The monoisotopic (exact) mass is 251 g/mol. The Morgan fingerprint density at radius 2 is 1.78 bits per heavy atom. The summed E-state index contributed by atoms with van der Waals surface area (Å²) in [5.41, 5.74) is 0. The Labute approximate surface area is 108 Å². The lowest BCUT2D eigenvalue weighted by Crippen LogP contribution is -2.52. The average molecular weight is 251 g/mol. The minimum Gasteiger partial charge on any atom is -0.348 e. The van der Waals surface area contributed by atoms with Crippen LogP contribution >= 0.6 is 0 Å². The number of amides is 2. The molecule has 2 rings (SSSR count). The van der Waals surface area contributed by atoms with Crippen molar-refractivity contribution in [1.29, 1.82) is 0 Å². The predicted octanol–water partition coefficient (Wildman–Crippen LogP) is 1.10. The van der Waals surface area contributed by atoms with Crippen LogP contribution in [0.2, 0.25) is 0 Å². The first-order valence-corrected chi connectivity index (χ1v) is 6.60. The highest BCUT2D eigenvalue weighted by atomic mass is 16.2. The third-order valence-electron chi connectivity index (χ3n) is 3.89. The van der Waals surface area contributed by atoms with Crippen molar-refractivity contribution < 1.29 is 9.59 Å². The van der Waals surface area contributed by atoms with Gasteiger partial charge in [-0.15, -0.1) is 0 Å². The standard InChI is InChI=1S/C13H21N3O2/c1-15(2)13-14-11(17)10(12(18)16(13)3)9-7-5-4-6-8-9/h9-10H,4-8H2,1-3H3. The molecule has 100 valence electrons. The van der Waals surface area contributed by atoms with E-state index in [1.165, 1.54) is 11.3 Å². The second-order valence-corrected chi connectivity index (χ2v) is 5.42. The van der Waals surface area contributed by atoms with Gasteiger partial charge in [0.15, 0.2) is 0 Å². The molecule has 5 heteroatoms. The number of hydrogen-bond acceptors (Lipinski definition) is 3. The van der Waals surface area contributed by atoms with Gasteiger partial charge in [0.05, 0.1) is 0 Å². The van der Waals surface area contributed by atoms with E-state index in [9.17, 15) is 9.59 Å². The third kappa shape index (κ3) is 2.26. The Balaban J connectivity index is 2.23. The molecule has 1 unspecified atom stereocenters. The maximum atomic E-state index is 12.3. The minimum absolute atomic E-state index is 0.0920. The summed E-state index contributed by atoms with van der Waals surface area (Å²) in [6.07, 6.45) is 5.41. The Morgan fingerprint density at radius 3 is 2.33 bits per heavy atom. The summed E-state index contributed by atoms with van der Waals surface area (Å²) in [6, 6.07) is 0. The molecule has 1 aliphatic carbocycles. The summed E-state index contributed by atoms with van der Waals surface area (Å²) in [4.78, 5) is 31.7. The maximum absolute atomic E-state index is 12.3. The van der Waals surface area contributed by atoms with Gasteiger partial charge in [0.2, 0.25) is 11.9 Å². The number of nitrogens with zero attached hydrogens (tertiary/aromatic N) is 3. The van der Waals surface area contributed by atoms with Gasteiger partial charge in [-0.05, 0) is 18.8 Å². The molecule has 18 heavy (non-hydrogen) atoms. The fourth-order valence-corrected chi connectivity index (χ4v) is 2.93. The van der Waals surface area contributed by atoms with Crippen molar-refractivity contribution in [3.8, 4) is 0 Å². The van der Waals surface area contributed by atoms with Gasteiger partial charge in [-0.25, -0.2) is 0 Å². The van der Waals surface area contributed by atoms with Crippen molar-refractivity contribution in [2.45, 2.75) is 32.1 Å². The van der Waals surface area contributed by atoms with E-state index in [2.05, 4.69) is 4.99 Å². The number of aliphatic imine (C=N–C) groups is 1. The molecule has 0 aromatic heterocycles. The van der Waals surface area contributed by atoms with Crippen LogP contribution < -0.4 is 0 Å².